The summed E-state index contributed by atoms with van der Waals surface area (Å²) in [6.07, 6.45) is 15.3. The summed E-state index contributed by atoms with van der Waals surface area (Å²) in [6.45, 7) is 5.64. The molecule has 32 heavy (non-hydrogen) atoms. The molecule has 3 aromatic heterocycles. The van der Waals surface area contributed by atoms with Gasteiger partial charge < -0.3 is 9.73 Å². The lowest BCUT2D eigenvalue weighted by atomic mass is 9.96. The Morgan fingerprint density at radius 3 is 2.81 bits per heavy atom. The number of esters is 1. The first-order valence-corrected chi connectivity index (χ1v) is 11.3. The smallest absolute Gasteiger partial charge is 0.312 e. The molecule has 8 nitrogen and oxygen atoms in total. The molecule has 0 saturated heterocycles. The number of fused-ring (bicyclic) bond motifs is 1. The van der Waals surface area contributed by atoms with Crippen LogP contribution in [-0.2, 0) is 16.3 Å². The van der Waals surface area contributed by atoms with E-state index >= 15 is 0 Å². The number of carbonyl (C=O) groups excluding carboxylic acids is 1. The van der Waals surface area contributed by atoms with Crippen LogP contribution in [-0.4, -0.2) is 43.5 Å². The van der Waals surface area contributed by atoms with Crippen molar-refractivity contribution in [3.63, 3.8) is 0 Å². The van der Waals surface area contributed by atoms with Crippen molar-refractivity contribution >= 4 is 23.2 Å². The summed E-state index contributed by atoms with van der Waals surface area (Å²) in [5.74, 6) is 0.383. The van der Waals surface area contributed by atoms with Gasteiger partial charge in [-0.3, -0.25) is 14.0 Å². The van der Waals surface area contributed by atoms with Crippen molar-refractivity contribution in [3.05, 3.63) is 31.0 Å². The molecule has 0 aromatic carbocycles. The van der Waals surface area contributed by atoms with E-state index in [9.17, 15) is 4.79 Å². The van der Waals surface area contributed by atoms with Gasteiger partial charge in [0.1, 0.15) is 12.0 Å². The van der Waals surface area contributed by atoms with Crippen LogP contribution in [0.4, 0.5) is 0 Å². The molecular weight excluding hydrogens is 404 g/mol. The molecule has 4 rings (SSSR count). The van der Waals surface area contributed by atoms with Gasteiger partial charge in [0.15, 0.2) is 6.73 Å². The van der Waals surface area contributed by atoms with Crippen LogP contribution in [0.1, 0.15) is 58.9 Å². The van der Waals surface area contributed by atoms with E-state index in [2.05, 4.69) is 25.8 Å². The van der Waals surface area contributed by atoms with Crippen molar-refractivity contribution in [2.24, 2.45) is 16.3 Å². The number of hydrogen-bond donors (Lipinski definition) is 0. The lowest BCUT2D eigenvalue weighted by Crippen LogP contribution is -2.23. The maximum Gasteiger partial charge on any atom is 0.312 e. The quantitative estimate of drug-likeness (QED) is 0.397. The fourth-order valence-electron chi connectivity index (χ4n) is 4.40. The topological polar surface area (TPSA) is 87.2 Å². The molecule has 1 atom stereocenters. The Kier molecular flexibility index (Phi) is 6.39. The largest absolute Gasteiger partial charge is 0.443 e. The van der Waals surface area contributed by atoms with Crippen molar-refractivity contribution in [1.29, 1.82) is 0 Å². The van der Waals surface area contributed by atoms with E-state index in [1.54, 1.807) is 6.33 Å². The zero-order valence-corrected chi connectivity index (χ0v) is 19.4. The summed E-state index contributed by atoms with van der Waals surface area (Å²) in [4.78, 5) is 25.3. The fraction of sp³-hybridized carbons (Fsp3) is 0.542. The summed E-state index contributed by atoms with van der Waals surface area (Å²) in [6, 6.07) is 2.28. The molecular formula is C24H32N6O2. The number of hydrogen-bond acceptors (Lipinski definition) is 6. The van der Waals surface area contributed by atoms with E-state index in [0.717, 1.165) is 28.7 Å². The third-order valence-corrected chi connectivity index (χ3v) is 6.19. The maximum atomic E-state index is 12.1. The summed E-state index contributed by atoms with van der Waals surface area (Å²) < 4.78 is 9.38. The monoisotopic (exact) mass is 436 g/mol. The Labute approximate surface area is 188 Å². The third kappa shape index (κ3) is 4.59. The lowest BCUT2D eigenvalue weighted by Gasteiger charge is -2.22. The second-order valence-electron chi connectivity index (χ2n) is 9.55. The van der Waals surface area contributed by atoms with E-state index in [0.29, 0.717) is 12.0 Å². The van der Waals surface area contributed by atoms with E-state index < -0.39 is 5.41 Å². The second-order valence-corrected chi connectivity index (χ2v) is 9.55. The van der Waals surface area contributed by atoms with Gasteiger partial charge in [-0.25, -0.2) is 9.97 Å². The van der Waals surface area contributed by atoms with Crippen LogP contribution in [0.25, 0.3) is 22.3 Å². The van der Waals surface area contributed by atoms with Gasteiger partial charge >= 0.3 is 5.97 Å². The van der Waals surface area contributed by atoms with Crippen LogP contribution in [0.3, 0.4) is 0 Å². The highest BCUT2D eigenvalue weighted by atomic mass is 16.5. The van der Waals surface area contributed by atoms with Crippen molar-refractivity contribution < 1.29 is 9.53 Å². The predicted octanol–water partition coefficient (Wildman–Crippen LogP) is 4.66. The molecule has 8 heteroatoms. The highest BCUT2D eigenvalue weighted by molar-refractivity contribution is 5.90. The van der Waals surface area contributed by atoms with Crippen LogP contribution in [0.15, 0.2) is 36.0 Å². The zero-order chi connectivity index (χ0) is 22.7. The minimum atomic E-state index is -0.546. The standard InChI is InChI=1S/C24H32N6O2/c1-24(2,3)23(31)32-16-29-12-10-19-21(26-15-27-22(19)29)18-13-28-30(14-18)20(9-11-25-4)17-7-5-6-8-17/h10-15,17,20H,5-9,16H2,1-4H3/t20-/m1/s1. The Bertz CT molecular complexity index is 1100. The Balaban J connectivity index is 1.60. The first kappa shape index (κ1) is 22.2. The SMILES string of the molecule is CN=CC[C@H](C1CCCC1)n1cc(-c2ncnc3c2ccn3COC(=O)C(C)(C)C)cn1. The Morgan fingerprint density at radius 1 is 1.31 bits per heavy atom. The van der Waals surface area contributed by atoms with Crippen LogP contribution in [0.5, 0.6) is 0 Å². The van der Waals surface area contributed by atoms with Crippen LogP contribution >= 0.6 is 0 Å². The third-order valence-electron chi connectivity index (χ3n) is 6.19. The van der Waals surface area contributed by atoms with Crippen molar-refractivity contribution in [2.75, 3.05) is 7.05 Å². The van der Waals surface area contributed by atoms with Gasteiger partial charge in [-0.1, -0.05) is 12.8 Å². The van der Waals surface area contributed by atoms with Gasteiger partial charge in [-0.2, -0.15) is 5.10 Å². The number of aromatic nitrogens is 5. The van der Waals surface area contributed by atoms with Gasteiger partial charge in [0.25, 0.3) is 0 Å². The number of carbonyl (C=O) groups is 1. The average molecular weight is 437 g/mol. The van der Waals surface area contributed by atoms with Crippen LogP contribution in [0, 0.1) is 11.3 Å². The van der Waals surface area contributed by atoms with Crippen LogP contribution in [0.2, 0.25) is 0 Å². The van der Waals surface area contributed by atoms with Crippen molar-refractivity contribution in [2.45, 2.75) is 65.6 Å². The molecule has 0 N–H and O–H groups in total. The minimum Gasteiger partial charge on any atom is -0.443 e. The lowest BCUT2D eigenvalue weighted by molar-refractivity contribution is -0.156. The van der Waals surface area contributed by atoms with E-state index in [1.165, 1.54) is 25.7 Å². The molecule has 1 fully saturated rings. The number of aliphatic imine (C=N–C) groups is 1. The van der Waals surface area contributed by atoms with E-state index in [-0.39, 0.29) is 12.7 Å². The molecule has 3 heterocycles. The molecule has 3 aromatic rings. The molecule has 1 saturated carbocycles. The van der Waals surface area contributed by atoms with E-state index in [1.807, 2.05) is 57.1 Å². The summed E-state index contributed by atoms with van der Waals surface area (Å²) in [5, 5.41) is 5.62. The maximum absolute atomic E-state index is 12.1. The molecule has 0 radical (unpaired) electrons. The molecule has 1 aliphatic rings. The molecule has 0 spiro atoms. The molecule has 0 amide bonds. The number of nitrogens with zero attached hydrogens (tertiary/aromatic N) is 6. The zero-order valence-electron chi connectivity index (χ0n) is 19.4. The summed E-state index contributed by atoms with van der Waals surface area (Å²) >= 11 is 0. The first-order valence-electron chi connectivity index (χ1n) is 11.3. The highest BCUT2D eigenvalue weighted by Gasteiger charge is 2.27. The average Bonchev–Trinajstić information content (AvgIpc) is 3.52. The normalized spacial score (nSPS) is 16.2. The van der Waals surface area contributed by atoms with Gasteiger partial charge in [0, 0.05) is 43.0 Å². The first-order chi connectivity index (χ1) is 15.4. The fourth-order valence-corrected chi connectivity index (χ4v) is 4.40. The molecule has 1 aliphatic carbocycles. The number of ether oxygens (including phenoxy) is 1. The highest BCUT2D eigenvalue weighted by Crippen LogP contribution is 2.36. The van der Waals surface area contributed by atoms with Gasteiger partial charge in [0.2, 0.25) is 0 Å². The predicted molar refractivity (Wildman–Crippen MR) is 124 cm³/mol. The van der Waals surface area contributed by atoms with Crippen LogP contribution < -0.4 is 0 Å². The summed E-state index contributed by atoms with van der Waals surface area (Å²) in [7, 11) is 1.82. The molecule has 0 aliphatic heterocycles. The molecule has 0 bridgehead atoms. The number of rotatable bonds is 7. The summed E-state index contributed by atoms with van der Waals surface area (Å²) in [5.41, 5.74) is 1.97. The van der Waals surface area contributed by atoms with Crippen molar-refractivity contribution in [3.8, 4) is 11.3 Å². The molecule has 170 valence electrons. The minimum absolute atomic E-state index is 0.120. The Hall–Kier alpha value is -3.03. The van der Waals surface area contributed by atoms with Gasteiger partial charge in [-0.15, -0.1) is 0 Å². The second kappa shape index (κ2) is 9.22. The van der Waals surface area contributed by atoms with E-state index in [4.69, 9.17) is 9.84 Å². The van der Waals surface area contributed by atoms with Crippen molar-refractivity contribution in [1.82, 2.24) is 24.3 Å². The molecule has 0 unspecified atom stereocenters. The Morgan fingerprint density at radius 2 is 2.09 bits per heavy atom. The van der Waals surface area contributed by atoms with Gasteiger partial charge in [0.05, 0.1) is 23.3 Å². The van der Waals surface area contributed by atoms with Gasteiger partial charge in [-0.05, 0) is 45.6 Å².